The van der Waals surface area contributed by atoms with Crippen molar-refractivity contribution in [3.63, 3.8) is 0 Å². The highest BCUT2D eigenvalue weighted by Crippen LogP contribution is 2.20. The molecule has 2 aromatic carbocycles. The van der Waals surface area contributed by atoms with E-state index in [0.29, 0.717) is 18.9 Å². The number of nitrogens with zero attached hydrogens (tertiary/aromatic N) is 2. The predicted molar refractivity (Wildman–Crippen MR) is 111 cm³/mol. The number of para-hydroxylation sites is 2. The van der Waals surface area contributed by atoms with Gasteiger partial charge in [0.2, 0.25) is 5.91 Å². The summed E-state index contributed by atoms with van der Waals surface area (Å²) in [6.45, 7) is 7.85. The van der Waals surface area contributed by atoms with Gasteiger partial charge in [-0.15, -0.1) is 0 Å². The van der Waals surface area contributed by atoms with Crippen LogP contribution < -0.4 is 5.32 Å². The summed E-state index contributed by atoms with van der Waals surface area (Å²) in [4.78, 5) is 16.5. The van der Waals surface area contributed by atoms with Gasteiger partial charge in [-0.25, -0.2) is 4.98 Å². The molecule has 1 aromatic heterocycles. The van der Waals surface area contributed by atoms with E-state index < -0.39 is 0 Å². The summed E-state index contributed by atoms with van der Waals surface area (Å²) in [7, 11) is 0. The lowest BCUT2D eigenvalue weighted by molar-refractivity contribution is -0.121. The van der Waals surface area contributed by atoms with Gasteiger partial charge in [-0.3, -0.25) is 4.79 Å². The van der Waals surface area contributed by atoms with E-state index in [2.05, 4.69) is 60.1 Å². The quantitative estimate of drug-likeness (QED) is 0.632. The molecule has 3 aromatic rings. The van der Waals surface area contributed by atoms with Gasteiger partial charge < -0.3 is 9.88 Å². The second-order valence-corrected chi connectivity index (χ2v) is 7.35. The minimum absolute atomic E-state index is 0.115. The van der Waals surface area contributed by atoms with Crippen LogP contribution in [-0.2, 0) is 17.8 Å². The SMILES string of the molecule is CCCC(=O)NCCc1nc2ccccc2n1Cc1ccc(C(C)C)cc1. The van der Waals surface area contributed by atoms with E-state index in [1.165, 1.54) is 11.1 Å². The van der Waals surface area contributed by atoms with Gasteiger partial charge in [0.25, 0.3) is 0 Å². The minimum atomic E-state index is 0.115. The summed E-state index contributed by atoms with van der Waals surface area (Å²) < 4.78 is 2.27. The molecular formula is C23H29N3O. The largest absolute Gasteiger partial charge is 0.356 e. The number of benzene rings is 2. The first-order chi connectivity index (χ1) is 13.1. The zero-order valence-corrected chi connectivity index (χ0v) is 16.5. The van der Waals surface area contributed by atoms with Crippen molar-refractivity contribution >= 4 is 16.9 Å². The van der Waals surface area contributed by atoms with Crippen molar-refractivity contribution in [2.75, 3.05) is 6.54 Å². The van der Waals surface area contributed by atoms with Gasteiger partial charge in [0.15, 0.2) is 0 Å². The first kappa shape index (κ1) is 19.2. The highest BCUT2D eigenvalue weighted by Gasteiger charge is 2.11. The fourth-order valence-electron chi connectivity index (χ4n) is 3.31. The number of hydrogen-bond acceptors (Lipinski definition) is 2. The molecule has 1 N–H and O–H groups in total. The number of aromatic nitrogens is 2. The second kappa shape index (κ2) is 8.85. The van der Waals surface area contributed by atoms with Crippen LogP contribution >= 0.6 is 0 Å². The van der Waals surface area contributed by atoms with Crippen LogP contribution in [0, 0.1) is 0 Å². The zero-order chi connectivity index (χ0) is 19.2. The molecule has 0 fully saturated rings. The Hall–Kier alpha value is -2.62. The minimum Gasteiger partial charge on any atom is -0.356 e. The fraction of sp³-hybridized carbons (Fsp3) is 0.391. The third-order valence-corrected chi connectivity index (χ3v) is 4.87. The van der Waals surface area contributed by atoms with Crippen molar-refractivity contribution < 1.29 is 4.79 Å². The summed E-state index contributed by atoms with van der Waals surface area (Å²) in [6.07, 6.45) is 2.18. The van der Waals surface area contributed by atoms with Crippen LogP contribution in [0.1, 0.15) is 56.5 Å². The van der Waals surface area contributed by atoms with Gasteiger partial charge in [-0.1, -0.05) is 57.2 Å². The van der Waals surface area contributed by atoms with Crippen molar-refractivity contribution in [2.45, 2.75) is 52.5 Å². The lowest BCUT2D eigenvalue weighted by Crippen LogP contribution is -2.26. The zero-order valence-electron chi connectivity index (χ0n) is 16.5. The van der Waals surface area contributed by atoms with Gasteiger partial charge in [-0.05, 0) is 35.6 Å². The highest BCUT2D eigenvalue weighted by molar-refractivity contribution is 5.76. The van der Waals surface area contributed by atoms with E-state index in [-0.39, 0.29) is 5.91 Å². The fourth-order valence-corrected chi connectivity index (χ4v) is 3.31. The van der Waals surface area contributed by atoms with E-state index >= 15 is 0 Å². The number of imidazole rings is 1. The van der Waals surface area contributed by atoms with Crippen LogP contribution in [0.2, 0.25) is 0 Å². The van der Waals surface area contributed by atoms with Crippen LogP contribution in [0.5, 0.6) is 0 Å². The van der Waals surface area contributed by atoms with Gasteiger partial charge >= 0.3 is 0 Å². The molecule has 0 bridgehead atoms. The molecule has 1 amide bonds. The third kappa shape index (κ3) is 4.76. The molecule has 4 nitrogen and oxygen atoms in total. The molecule has 1 heterocycles. The number of nitrogens with one attached hydrogen (secondary N) is 1. The molecule has 142 valence electrons. The van der Waals surface area contributed by atoms with E-state index in [1.807, 2.05) is 19.1 Å². The van der Waals surface area contributed by atoms with E-state index in [1.54, 1.807) is 0 Å². The molecule has 0 aliphatic carbocycles. The first-order valence-corrected chi connectivity index (χ1v) is 9.88. The number of hydrogen-bond donors (Lipinski definition) is 1. The number of carbonyl (C=O) groups is 1. The van der Waals surface area contributed by atoms with Crippen molar-refractivity contribution in [1.29, 1.82) is 0 Å². The summed E-state index contributed by atoms with van der Waals surface area (Å²) in [5.41, 5.74) is 4.76. The molecule has 0 saturated carbocycles. The van der Waals surface area contributed by atoms with Gasteiger partial charge in [0.05, 0.1) is 11.0 Å². The summed E-state index contributed by atoms with van der Waals surface area (Å²) in [5.74, 6) is 1.67. The van der Waals surface area contributed by atoms with Crippen LogP contribution in [0.25, 0.3) is 11.0 Å². The number of rotatable bonds is 8. The van der Waals surface area contributed by atoms with Crippen LogP contribution in [0.4, 0.5) is 0 Å². The summed E-state index contributed by atoms with van der Waals surface area (Å²) >= 11 is 0. The molecule has 0 saturated heterocycles. The molecule has 0 spiro atoms. The standard InChI is InChI=1S/C23H29N3O/c1-4-7-23(27)24-15-14-22-25-20-8-5-6-9-21(20)26(22)16-18-10-12-19(13-11-18)17(2)3/h5-6,8-13,17H,4,7,14-16H2,1-3H3,(H,24,27). The highest BCUT2D eigenvalue weighted by atomic mass is 16.1. The molecule has 0 radical (unpaired) electrons. The molecule has 0 unspecified atom stereocenters. The molecule has 27 heavy (non-hydrogen) atoms. The monoisotopic (exact) mass is 363 g/mol. The van der Waals surface area contributed by atoms with Gasteiger partial charge in [0, 0.05) is 25.9 Å². The van der Waals surface area contributed by atoms with E-state index in [0.717, 1.165) is 36.2 Å². The van der Waals surface area contributed by atoms with Crippen LogP contribution in [-0.4, -0.2) is 22.0 Å². The van der Waals surface area contributed by atoms with Crippen molar-refractivity contribution in [3.05, 3.63) is 65.5 Å². The van der Waals surface area contributed by atoms with E-state index in [4.69, 9.17) is 4.98 Å². The normalized spacial score (nSPS) is 11.3. The molecule has 4 heteroatoms. The Labute approximate surface area is 161 Å². The maximum absolute atomic E-state index is 11.7. The van der Waals surface area contributed by atoms with Crippen molar-refractivity contribution in [3.8, 4) is 0 Å². The Morgan fingerprint density at radius 2 is 1.85 bits per heavy atom. The average Bonchev–Trinajstić information content (AvgIpc) is 3.00. The van der Waals surface area contributed by atoms with Gasteiger partial charge in [-0.2, -0.15) is 0 Å². The first-order valence-electron chi connectivity index (χ1n) is 9.88. The van der Waals surface area contributed by atoms with Crippen molar-refractivity contribution in [1.82, 2.24) is 14.9 Å². The Morgan fingerprint density at radius 3 is 2.56 bits per heavy atom. The molecule has 0 aliphatic heterocycles. The number of fused-ring (bicyclic) bond motifs is 1. The molecule has 0 aliphatic rings. The second-order valence-electron chi connectivity index (χ2n) is 7.35. The third-order valence-electron chi connectivity index (χ3n) is 4.87. The lowest BCUT2D eigenvalue weighted by Gasteiger charge is -2.12. The van der Waals surface area contributed by atoms with E-state index in [9.17, 15) is 4.79 Å². The Kier molecular flexibility index (Phi) is 6.28. The number of amides is 1. The topological polar surface area (TPSA) is 46.9 Å². The summed E-state index contributed by atoms with van der Waals surface area (Å²) in [5, 5.41) is 3.00. The Morgan fingerprint density at radius 1 is 1.11 bits per heavy atom. The van der Waals surface area contributed by atoms with Crippen LogP contribution in [0.15, 0.2) is 48.5 Å². The molecular weight excluding hydrogens is 334 g/mol. The summed E-state index contributed by atoms with van der Waals surface area (Å²) in [6, 6.07) is 17.1. The molecule has 3 rings (SSSR count). The lowest BCUT2D eigenvalue weighted by atomic mass is 10.0. The van der Waals surface area contributed by atoms with Crippen LogP contribution in [0.3, 0.4) is 0 Å². The smallest absolute Gasteiger partial charge is 0.219 e. The van der Waals surface area contributed by atoms with Crippen molar-refractivity contribution in [2.24, 2.45) is 0 Å². The Balaban J connectivity index is 1.80. The maximum Gasteiger partial charge on any atom is 0.219 e. The molecule has 0 atom stereocenters. The van der Waals surface area contributed by atoms with Gasteiger partial charge in [0.1, 0.15) is 5.82 Å². The average molecular weight is 364 g/mol. The predicted octanol–water partition coefficient (Wildman–Crippen LogP) is 4.67. The maximum atomic E-state index is 11.7. The Bertz CT molecular complexity index is 894. The number of carbonyl (C=O) groups excluding carboxylic acids is 1.